The van der Waals surface area contributed by atoms with Crippen molar-refractivity contribution in [2.45, 2.75) is 50.6 Å². The number of nitrogens with zero attached hydrogens (tertiary/aromatic N) is 1. The van der Waals surface area contributed by atoms with Gasteiger partial charge in [-0.1, -0.05) is 18.5 Å². The van der Waals surface area contributed by atoms with Crippen molar-refractivity contribution >= 4 is 40.8 Å². The lowest BCUT2D eigenvalue weighted by Crippen LogP contribution is -2.69. The second kappa shape index (κ2) is 8.34. The molecule has 2 aromatic rings. The number of carbonyl (C=O) groups excluding carboxylic acids is 4. The molecule has 37 heavy (non-hydrogen) atoms. The number of likely N-dealkylation sites (N-methyl/N-ethyl adjacent to an activating group) is 1. The standard InChI is InChI=1S/C25H24ClF3N4O4/c1-10-13-7-33-18(21(35)31-12-4-5-15(27)14(26)6-12)11(2)17(19(33)16(10)13)20(34)22(36)32-24(23(37)30-3)8-25(28,29)9-24/h4-6,10,13,16H,7-9H2,1-3H3,(H,30,37)(H,31,35)(H,32,36). The number of aromatic nitrogens is 1. The molecule has 2 saturated carbocycles. The van der Waals surface area contributed by atoms with Crippen LogP contribution >= 0.6 is 11.6 Å². The van der Waals surface area contributed by atoms with Gasteiger partial charge in [-0.05, 0) is 42.5 Å². The molecule has 2 heterocycles. The predicted molar refractivity (Wildman–Crippen MR) is 127 cm³/mol. The smallest absolute Gasteiger partial charge is 0.293 e. The number of alkyl halides is 2. The highest BCUT2D eigenvalue weighted by molar-refractivity contribution is 6.44. The minimum atomic E-state index is -3.14. The maximum absolute atomic E-state index is 13.7. The van der Waals surface area contributed by atoms with Crippen LogP contribution in [0.15, 0.2) is 18.2 Å². The summed E-state index contributed by atoms with van der Waals surface area (Å²) in [5.74, 6) is -6.96. The number of fused-ring (bicyclic) bond motifs is 3. The summed E-state index contributed by atoms with van der Waals surface area (Å²) >= 11 is 5.81. The Bertz CT molecular complexity index is 1380. The van der Waals surface area contributed by atoms with Gasteiger partial charge in [-0.2, -0.15) is 0 Å². The van der Waals surface area contributed by atoms with Crippen molar-refractivity contribution in [3.63, 3.8) is 0 Å². The Morgan fingerprint density at radius 3 is 2.43 bits per heavy atom. The summed E-state index contributed by atoms with van der Waals surface area (Å²) in [5, 5.41) is 6.98. The summed E-state index contributed by atoms with van der Waals surface area (Å²) in [6, 6.07) is 3.70. The van der Waals surface area contributed by atoms with Gasteiger partial charge in [0.1, 0.15) is 17.1 Å². The van der Waals surface area contributed by atoms with E-state index in [4.69, 9.17) is 11.6 Å². The molecule has 3 atom stereocenters. The minimum absolute atomic E-state index is 0.0341. The molecule has 5 rings (SSSR count). The first-order valence-corrected chi connectivity index (χ1v) is 12.1. The maximum atomic E-state index is 13.7. The SMILES string of the molecule is CNC(=O)C1(NC(=O)C(=O)c2c(C)c(C(=O)Nc3ccc(F)c(Cl)c3)n3c2C2C(C)C2C3)CC(F)(F)C1. The molecule has 12 heteroatoms. The van der Waals surface area contributed by atoms with E-state index in [1.807, 2.05) is 6.92 Å². The van der Waals surface area contributed by atoms with Crippen molar-refractivity contribution in [2.24, 2.45) is 11.8 Å². The van der Waals surface area contributed by atoms with Gasteiger partial charge in [0.2, 0.25) is 5.91 Å². The fourth-order valence-corrected chi connectivity index (χ4v) is 6.08. The second-order valence-corrected chi connectivity index (χ2v) is 10.5. The van der Waals surface area contributed by atoms with Gasteiger partial charge in [-0.25, -0.2) is 13.2 Å². The molecule has 2 aliphatic carbocycles. The van der Waals surface area contributed by atoms with Crippen LogP contribution in [0.3, 0.4) is 0 Å². The molecule has 0 bridgehead atoms. The van der Waals surface area contributed by atoms with Gasteiger partial charge >= 0.3 is 0 Å². The fourth-order valence-electron chi connectivity index (χ4n) is 5.90. The molecule has 0 saturated heterocycles. The Hall–Kier alpha value is -3.34. The summed E-state index contributed by atoms with van der Waals surface area (Å²) in [6.07, 6.45) is -1.83. The lowest BCUT2D eigenvalue weighted by atomic mass is 9.72. The first kappa shape index (κ1) is 25.3. The van der Waals surface area contributed by atoms with E-state index in [2.05, 4.69) is 16.0 Å². The third kappa shape index (κ3) is 3.91. The van der Waals surface area contributed by atoms with Crippen LogP contribution in [0.4, 0.5) is 18.9 Å². The van der Waals surface area contributed by atoms with Gasteiger partial charge in [0, 0.05) is 43.7 Å². The largest absolute Gasteiger partial charge is 0.357 e. The molecule has 196 valence electrons. The van der Waals surface area contributed by atoms with Gasteiger partial charge in [0.15, 0.2) is 0 Å². The average Bonchev–Trinajstić information content (AvgIpc) is 3.12. The topological polar surface area (TPSA) is 109 Å². The Balaban J connectivity index is 1.47. The molecule has 1 aromatic heterocycles. The number of ketones is 1. The van der Waals surface area contributed by atoms with Crippen molar-refractivity contribution in [3.8, 4) is 0 Å². The number of benzene rings is 1. The number of Topliss-reactive ketones (excluding diaryl/α,β-unsaturated/α-hetero) is 1. The number of hydrogen-bond donors (Lipinski definition) is 3. The van der Waals surface area contributed by atoms with Crippen LogP contribution in [-0.4, -0.2) is 46.6 Å². The van der Waals surface area contributed by atoms with E-state index < -0.39 is 53.6 Å². The zero-order chi connectivity index (χ0) is 27.0. The highest BCUT2D eigenvalue weighted by Crippen LogP contribution is 2.61. The molecular weight excluding hydrogens is 513 g/mol. The van der Waals surface area contributed by atoms with E-state index in [9.17, 15) is 32.3 Å². The molecule has 2 fully saturated rings. The van der Waals surface area contributed by atoms with E-state index in [-0.39, 0.29) is 45.3 Å². The van der Waals surface area contributed by atoms with Crippen molar-refractivity contribution < 1.29 is 32.3 Å². The van der Waals surface area contributed by atoms with Gasteiger partial charge in [0.05, 0.1) is 10.6 Å². The number of rotatable bonds is 6. The molecule has 1 aliphatic heterocycles. The van der Waals surface area contributed by atoms with E-state index in [1.165, 1.54) is 26.1 Å². The normalized spacial score (nSPS) is 23.8. The van der Waals surface area contributed by atoms with Crippen molar-refractivity contribution in [2.75, 3.05) is 12.4 Å². The van der Waals surface area contributed by atoms with Gasteiger partial charge < -0.3 is 20.5 Å². The Labute approximate surface area is 214 Å². The van der Waals surface area contributed by atoms with E-state index >= 15 is 0 Å². The number of carbonyl (C=O) groups is 4. The van der Waals surface area contributed by atoms with Gasteiger partial charge in [0.25, 0.3) is 23.5 Å². The van der Waals surface area contributed by atoms with E-state index in [1.54, 1.807) is 4.57 Å². The van der Waals surface area contributed by atoms with Crippen LogP contribution in [0.2, 0.25) is 5.02 Å². The Kier molecular flexibility index (Phi) is 5.70. The lowest BCUT2D eigenvalue weighted by molar-refractivity contribution is -0.164. The quantitative estimate of drug-likeness (QED) is 0.388. The monoisotopic (exact) mass is 536 g/mol. The van der Waals surface area contributed by atoms with Crippen LogP contribution in [0.1, 0.15) is 57.8 Å². The summed E-state index contributed by atoms with van der Waals surface area (Å²) < 4.78 is 42.6. The number of nitrogens with one attached hydrogen (secondary N) is 3. The summed E-state index contributed by atoms with van der Waals surface area (Å²) in [5.41, 5.74) is -0.639. The fraction of sp³-hybridized carbons (Fsp3) is 0.440. The van der Waals surface area contributed by atoms with Crippen LogP contribution in [0, 0.1) is 24.6 Å². The van der Waals surface area contributed by atoms with Crippen LogP contribution in [0.25, 0.3) is 0 Å². The summed E-state index contributed by atoms with van der Waals surface area (Å²) in [7, 11) is 1.26. The van der Waals surface area contributed by atoms with Crippen molar-refractivity contribution in [3.05, 3.63) is 51.6 Å². The van der Waals surface area contributed by atoms with Crippen molar-refractivity contribution in [1.29, 1.82) is 0 Å². The molecule has 3 aliphatic rings. The Morgan fingerprint density at radius 2 is 1.84 bits per heavy atom. The third-order valence-electron chi connectivity index (χ3n) is 7.78. The number of amides is 3. The molecule has 1 aromatic carbocycles. The predicted octanol–water partition coefficient (Wildman–Crippen LogP) is 3.42. The average molecular weight is 537 g/mol. The first-order chi connectivity index (χ1) is 17.3. The summed E-state index contributed by atoms with van der Waals surface area (Å²) in [4.78, 5) is 52.0. The lowest BCUT2D eigenvalue weighted by Gasteiger charge is -2.45. The summed E-state index contributed by atoms with van der Waals surface area (Å²) in [6.45, 7) is 4.01. The van der Waals surface area contributed by atoms with Crippen LogP contribution in [0.5, 0.6) is 0 Å². The molecule has 3 amide bonds. The first-order valence-electron chi connectivity index (χ1n) is 11.8. The second-order valence-electron chi connectivity index (χ2n) is 10.1. The zero-order valence-electron chi connectivity index (χ0n) is 20.2. The molecule has 3 unspecified atom stereocenters. The number of halogens is 4. The highest BCUT2D eigenvalue weighted by Gasteiger charge is 2.62. The van der Waals surface area contributed by atoms with E-state index in [0.29, 0.717) is 12.2 Å². The highest BCUT2D eigenvalue weighted by atomic mass is 35.5. The molecule has 0 spiro atoms. The van der Waals surface area contributed by atoms with Gasteiger partial charge in [-0.15, -0.1) is 0 Å². The molecule has 0 radical (unpaired) electrons. The maximum Gasteiger partial charge on any atom is 0.293 e. The van der Waals surface area contributed by atoms with Crippen molar-refractivity contribution in [1.82, 2.24) is 15.2 Å². The third-order valence-corrected chi connectivity index (χ3v) is 8.07. The molecular formula is C25H24ClF3N4O4. The van der Waals surface area contributed by atoms with E-state index in [0.717, 1.165) is 6.07 Å². The molecule has 3 N–H and O–H groups in total. The number of hydrogen-bond acceptors (Lipinski definition) is 4. The Morgan fingerprint density at radius 1 is 1.16 bits per heavy atom. The number of anilines is 1. The minimum Gasteiger partial charge on any atom is -0.357 e. The molecule has 8 nitrogen and oxygen atoms in total. The van der Waals surface area contributed by atoms with Crippen LogP contribution < -0.4 is 16.0 Å². The zero-order valence-corrected chi connectivity index (χ0v) is 20.9. The van der Waals surface area contributed by atoms with Gasteiger partial charge in [-0.3, -0.25) is 19.2 Å². The van der Waals surface area contributed by atoms with Crippen LogP contribution in [-0.2, 0) is 16.1 Å².